The number of aliphatic hydroxyl groups excluding tert-OH is 1. The summed E-state index contributed by atoms with van der Waals surface area (Å²) in [5.74, 6) is 0. The fourth-order valence-electron chi connectivity index (χ4n) is 0.834. The molecule has 0 aromatic heterocycles. The average Bonchev–Trinajstić information content (AvgIpc) is 2.22. The maximum atomic E-state index is 8.86. The molecule has 0 spiro atoms. The standard InChI is InChI=1S/C9H21NO4/c1-2-12-6-7-14-9(8-11)13-5-3-4-10/h9,11H,2-8,10H2,1H3. The molecule has 1 unspecified atom stereocenters. The van der Waals surface area contributed by atoms with Gasteiger partial charge in [0, 0.05) is 6.61 Å². The minimum Gasteiger partial charge on any atom is -0.391 e. The van der Waals surface area contributed by atoms with Crippen LogP contribution in [0.4, 0.5) is 0 Å². The van der Waals surface area contributed by atoms with E-state index >= 15 is 0 Å². The summed E-state index contributed by atoms with van der Waals surface area (Å²) in [6.45, 7) is 4.49. The van der Waals surface area contributed by atoms with Gasteiger partial charge in [-0.25, -0.2) is 0 Å². The van der Waals surface area contributed by atoms with Crippen LogP contribution in [0.3, 0.4) is 0 Å². The molecule has 0 rings (SSSR count). The molecule has 0 heterocycles. The molecule has 0 aliphatic heterocycles. The lowest BCUT2D eigenvalue weighted by Gasteiger charge is -2.15. The Morgan fingerprint density at radius 3 is 2.50 bits per heavy atom. The molecule has 5 nitrogen and oxygen atoms in total. The molecule has 0 aliphatic rings. The monoisotopic (exact) mass is 207 g/mol. The van der Waals surface area contributed by atoms with E-state index in [1.807, 2.05) is 6.92 Å². The van der Waals surface area contributed by atoms with Crippen LogP contribution in [0.5, 0.6) is 0 Å². The van der Waals surface area contributed by atoms with Gasteiger partial charge in [-0.3, -0.25) is 0 Å². The number of hydrogen-bond donors (Lipinski definition) is 2. The van der Waals surface area contributed by atoms with E-state index in [-0.39, 0.29) is 6.61 Å². The fourth-order valence-corrected chi connectivity index (χ4v) is 0.834. The van der Waals surface area contributed by atoms with E-state index in [0.29, 0.717) is 33.0 Å². The van der Waals surface area contributed by atoms with Gasteiger partial charge in [0.25, 0.3) is 0 Å². The van der Waals surface area contributed by atoms with Crippen molar-refractivity contribution in [1.29, 1.82) is 0 Å². The predicted octanol–water partition coefficient (Wildman–Crippen LogP) is -0.277. The first-order chi connectivity index (χ1) is 6.85. The fraction of sp³-hybridized carbons (Fsp3) is 1.00. The summed E-state index contributed by atoms with van der Waals surface area (Å²) in [6.07, 6.45) is 0.215. The van der Waals surface area contributed by atoms with E-state index in [9.17, 15) is 0 Å². The predicted molar refractivity (Wildman–Crippen MR) is 52.9 cm³/mol. The third kappa shape index (κ3) is 8.40. The van der Waals surface area contributed by atoms with Crippen molar-refractivity contribution < 1.29 is 19.3 Å². The van der Waals surface area contributed by atoms with E-state index in [4.69, 9.17) is 25.1 Å². The van der Waals surface area contributed by atoms with Gasteiger partial charge in [-0.05, 0) is 19.9 Å². The second kappa shape index (κ2) is 10.9. The number of aliphatic hydroxyl groups is 1. The zero-order valence-corrected chi connectivity index (χ0v) is 8.78. The van der Waals surface area contributed by atoms with Crippen LogP contribution in [0.1, 0.15) is 13.3 Å². The second-order valence-corrected chi connectivity index (χ2v) is 2.69. The van der Waals surface area contributed by atoms with Crippen molar-refractivity contribution in [1.82, 2.24) is 0 Å². The Kier molecular flexibility index (Phi) is 10.7. The zero-order valence-electron chi connectivity index (χ0n) is 8.78. The summed E-state index contributed by atoms with van der Waals surface area (Å²) in [4.78, 5) is 0. The summed E-state index contributed by atoms with van der Waals surface area (Å²) >= 11 is 0. The van der Waals surface area contributed by atoms with E-state index in [2.05, 4.69) is 0 Å². The highest BCUT2D eigenvalue weighted by Crippen LogP contribution is 1.95. The lowest BCUT2D eigenvalue weighted by atomic mass is 10.5. The molecule has 86 valence electrons. The summed E-state index contributed by atoms with van der Waals surface area (Å²) < 4.78 is 15.5. The van der Waals surface area contributed by atoms with Crippen LogP contribution < -0.4 is 5.73 Å². The Balaban J connectivity index is 3.28. The molecule has 0 aromatic rings. The van der Waals surface area contributed by atoms with Gasteiger partial charge in [0.2, 0.25) is 0 Å². The second-order valence-electron chi connectivity index (χ2n) is 2.69. The molecule has 0 bridgehead atoms. The van der Waals surface area contributed by atoms with Crippen LogP contribution in [0.2, 0.25) is 0 Å². The van der Waals surface area contributed by atoms with Crippen LogP contribution >= 0.6 is 0 Å². The molecule has 0 saturated carbocycles. The lowest BCUT2D eigenvalue weighted by molar-refractivity contribution is -0.169. The van der Waals surface area contributed by atoms with Crippen molar-refractivity contribution in [2.75, 3.05) is 39.6 Å². The van der Waals surface area contributed by atoms with Crippen LogP contribution in [0.15, 0.2) is 0 Å². The highest BCUT2D eigenvalue weighted by Gasteiger charge is 2.06. The Hall–Kier alpha value is -0.200. The van der Waals surface area contributed by atoms with Crippen molar-refractivity contribution in [2.45, 2.75) is 19.6 Å². The van der Waals surface area contributed by atoms with Crippen molar-refractivity contribution >= 4 is 0 Å². The van der Waals surface area contributed by atoms with Crippen LogP contribution in [0, 0.1) is 0 Å². The summed E-state index contributed by atoms with van der Waals surface area (Å²) in [5.41, 5.74) is 5.29. The molecule has 3 N–H and O–H groups in total. The van der Waals surface area contributed by atoms with Crippen LogP contribution in [0.25, 0.3) is 0 Å². The van der Waals surface area contributed by atoms with Crippen LogP contribution in [-0.2, 0) is 14.2 Å². The quantitative estimate of drug-likeness (QED) is 0.381. The Morgan fingerprint density at radius 2 is 1.93 bits per heavy atom. The van der Waals surface area contributed by atoms with Gasteiger partial charge < -0.3 is 25.1 Å². The van der Waals surface area contributed by atoms with Gasteiger partial charge in [0.15, 0.2) is 6.29 Å². The van der Waals surface area contributed by atoms with E-state index in [1.54, 1.807) is 0 Å². The summed E-state index contributed by atoms with van der Waals surface area (Å²) in [6, 6.07) is 0. The summed E-state index contributed by atoms with van der Waals surface area (Å²) in [7, 11) is 0. The normalized spacial score (nSPS) is 13.1. The lowest BCUT2D eigenvalue weighted by Crippen LogP contribution is -2.24. The van der Waals surface area contributed by atoms with Gasteiger partial charge in [0.1, 0.15) is 0 Å². The molecular weight excluding hydrogens is 186 g/mol. The van der Waals surface area contributed by atoms with Gasteiger partial charge in [-0.2, -0.15) is 0 Å². The van der Waals surface area contributed by atoms with Crippen molar-refractivity contribution in [3.8, 4) is 0 Å². The van der Waals surface area contributed by atoms with Gasteiger partial charge in [-0.1, -0.05) is 0 Å². The molecule has 5 heteroatoms. The molecule has 0 saturated heterocycles. The van der Waals surface area contributed by atoms with Gasteiger partial charge in [-0.15, -0.1) is 0 Å². The minimum atomic E-state index is -0.554. The highest BCUT2D eigenvalue weighted by atomic mass is 16.7. The van der Waals surface area contributed by atoms with Crippen molar-refractivity contribution in [3.63, 3.8) is 0 Å². The molecule has 0 fully saturated rings. The first kappa shape index (κ1) is 13.8. The molecule has 0 aliphatic carbocycles. The third-order valence-electron chi connectivity index (χ3n) is 1.54. The van der Waals surface area contributed by atoms with E-state index < -0.39 is 6.29 Å². The highest BCUT2D eigenvalue weighted by molar-refractivity contribution is 4.42. The Morgan fingerprint density at radius 1 is 1.21 bits per heavy atom. The molecule has 1 atom stereocenters. The van der Waals surface area contributed by atoms with Crippen LogP contribution in [-0.4, -0.2) is 51.0 Å². The largest absolute Gasteiger partial charge is 0.391 e. The number of hydrogen-bond acceptors (Lipinski definition) is 5. The number of ether oxygens (including phenoxy) is 3. The molecule has 0 amide bonds. The molecule has 0 radical (unpaired) electrons. The van der Waals surface area contributed by atoms with Gasteiger partial charge in [0.05, 0.1) is 26.4 Å². The minimum absolute atomic E-state index is 0.142. The van der Waals surface area contributed by atoms with Gasteiger partial charge >= 0.3 is 0 Å². The third-order valence-corrected chi connectivity index (χ3v) is 1.54. The number of nitrogens with two attached hydrogens (primary N) is 1. The molecule has 0 aromatic carbocycles. The zero-order chi connectivity index (χ0) is 10.6. The van der Waals surface area contributed by atoms with Crippen molar-refractivity contribution in [3.05, 3.63) is 0 Å². The van der Waals surface area contributed by atoms with E-state index in [1.165, 1.54) is 0 Å². The maximum Gasteiger partial charge on any atom is 0.180 e. The average molecular weight is 207 g/mol. The topological polar surface area (TPSA) is 73.9 Å². The number of rotatable bonds is 10. The molecular formula is C9H21NO4. The first-order valence-electron chi connectivity index (χ1n) is 4.97. The van der Waals surface area contributed by atoms with Crippen molar-refractivity contribution in [2.24, 2.45) is 5.73 Å². The summed E-state index contributed by atoms with van der Waals surface area (Å²) in [5, 5.41) is 8.86. The maximum absolute atomic E-state index is 8.86. The Bertz CT molecular complexity index is 113. The van der Waals surface area contributed by atoms with E-state index in [0.717, 1.165) is 6.42 Å². The molecule has 14 heavy (non-hydrogen) atoms. The smallest absolute Gasteiger partial charge is 0.180 e. The first-order valence-corrected chi connectivity index (χ1v) is 4.97. The SMILES string of the molecule is CCOCCOC(CO)OCCCN. The Labute approximate surface area is 85.1 Å².